The highest BCUT2D eigenvalue weighted by molar-refractivity contribution is 5.73. The Kier molecular flexibility index (Phi) is 4.91. The van der Waals surface area contributed by atoms with Gasteiger partial charge in [0.05, 0.1) is 18.6 Å². The number of imidazole rings is 1. The lowest BCUT2D eigenvalue weighted by Gasteiger charge is -2.13. The van der Waals surface area contributed by atoms with Gasteiger partial charge in [-0.25, -0.2) is 23.1 Å². The number of fused-ring (bicyclic) bond motifs is 1. The second-order valence-electron chi connectivity index (χ2n) is 6.89. The molecule has 0 aliphatic carbocycles. The van der Waals surface area contributed by atoms with Crippen molar-refractivity contribution in [2.24, 2.45) is 0 Å². The molecular weight excluding hydrogens is 390 g/mol. The number of aromatic nitrogens is 4. The molecule has 0 saturated heterocycles. The molecule has 4 rings (SSSR count). The Bertz CT molecular complexity index is 1400. The minimum Gasteiger partial charge on any atom is -0.320 e. The molecule has 6 nitrogen and oxygen atoms in total. The summed E-state index contributed by atoms with van der Waals surface area (Å²) in [5.74, 6) is -1.41. The first-order valence-electron chi connectivity index (χ1n) is 9.24. The van der Waals surface area contributed by atoms with E-state index in [0.29, 0.717) is 5.69 Å². The van der Waals surface area contributed by atoms with Gasteiger partial charge in [-0.2, -0.15) is 0 Å². The summed E-state index contributed by atoms with van der Waals surface area (Å²) in [4.78, 5) is 30.5. The first-order valence-corrected chi connectivity index (χ1v) is 9.24. The van der Waals surface area contributed by atoms with E-state index in [1.165, 1.54) is 27.6 Å². The highest BCUT2D eigenvalue weighted by Crippen LogP contribution is 2.18. The number of rotatable bonds is 5. The molecule has 8 heteroatoms. The van der Waals surface area contributed by atoms with E-state index >= 15 is 0 Å². The zero-order valence-electron chi connectivity index (χ0n) is 16.2. The van der Waals surface area contributed by atoms with Gasteiger partial charge in [0.15, 0.2) is 11.2 Å². The van der Waals surface area contributed by atoms with Crippen LogP contribution in [0.4, 0.5) is 8.78 Å². The molecule has 2 aromatic carbocycles. The molecule has 0 aliphatic rings. The van der Waals surface area contributed by atoms with Crippen molar-refractivity contribution < 1.29 is 8.78 Å². The molecule has 0 radical (unpaired) electrons. The van der Waals surface area contributed by atoms with Crippen LogP contribution in [0.2, 0.25) is 0 Å². The average Bonchev–Trinajstić information content (AvgIpc) is 3.12. The fourth-order valence-electron chi connectivity index (χ4n) is 3.45. The van der Waals surface area contributed by atoms with Gasteiger partial charge < -0.3 is 4.57 Å². The third-order valence-electron chi connectivity index (χ3n) is 4.92. The third-order valence-corrected chi connectivity index (χ3v) is 4.92. The molecular formula is C22H18F2N4O2. The highest BCUT2D eigenvalue weighted by Gasteiger charge is 2.20. The molecule has 2 aromatic heterocycles. The number of nitrogens with zero attached hydrogens (tertiary/aromatic N) is 4. The van der Waals surface area contributed by atoms with E-state index in [1.54, 1.807) is 12.1 Å². The molecule has 0 saturated carbocycles. The molecule has 0 N–H and O–H groups in total. The van der Waals surface area contributed by atoms with Crippen LogP contribution in [0.25, 0.3) is 16.9 Å². The fourth-order valence-corrected chi connectivity index (χ4v) is 3.45. The van der Waals surface area contributed by atoms with Gasteiger partial charge in [-0.15, -0.1) is 6.58 Å². The smallest absolute Gasteiger partial charge is 0.320 e. The molecule has 0 fully saturated rings. The maximum Gasteiger partial charge on any atom is 0.337 e. The van der Waals surface area contributed by atoms with Crippen molar-refractivity contribution in [3.8, 4) is 5.69 Å². The molecule has 30 heavy (non-hydrogen) atoms. The van der Waals surface area contributed by atoms with Gasteiger partial charge in [0.2, 0.25) is 0 Å². The summed E-state index contributed by atoms with van der Waals surface area (Å²) in [7, 11) is 0. The fraction of sp³-hybridized carbons (Fsp3) is 0.136. The number of benzene rings is 2. The lowest BCUT2D eigenvalue weighted by atomic mass is 10.2. The monoisotopic (exact) mass is 408 g/mol. The Morgan fingerprint density at radius 3 is 2.60 bits per heavy atom. The normalized spacial score (nSPS) is 11.2. The summed E-state index contributed by atoms with van der Waals surface area (Å²) < 4.78 is 31.3. The zero-order valence-corrected chi connectivity index (χ0v) is 16.2. The van der Waals surface area contributed by atoms with Crippen molar-refractivity contribution in [3.63, 3.8) is 0 Å². The summed E-state index contributed by atoms with van der Waals surface area (Å²) >= 11 is 0. The Labute approximate surface area is 170 Å². The van der Waals surface area contributed by atoms with Crippen LogP contribution < -0.4 is 11.2 Å². The standard InChI is InChI=1S/C22H18F2N4O2/c1-3-10-27-21(29)19-20(28(22(27)30)18-7-5-4-6-14(18)2)25-13-26(19)12-15-8-9-16(23)11-17(15)24/h3-9,11,13H,1,10,12H2,2H3. The van der Waals surface area contributed by atoms with E-state index in [4.69, 9.17) is 0 Å². The average molecular weight is 408 g/mol. The van der Waals surface area contributed by atoms with Crippen LogP contribution in [0.3, 0.4) is 0 Å². The highest BCUT2D eigenvalue weighted by atomic mass is 19.1. The van der Waals surface area contributed by atoms with Gasteiger partial charge in [0, 0.05) is 18.2 Å². The maximum absolute atomic E-state index is 14.2. The SMILES string of the molecule is C=CCn1c(=O)c2c(ncn2Cc2ccc(F)cc2F)n(-c2ccccc2C)c1=O. The van der Waals surface area contributed by atoms with Crippen LogP contribution in [-0.4, -0.2) is 18.7 Å². The molecule has 4 aromatic rings. The Morgan fingerprint density at radius 2 is 1.90 bits per heavy atom. The van der Waals surface area contributed by atoms with Crippen LogP contribution in [0.1, 0.15) is 11.1 Å². The maximum atomic E-state index is 14.2. The third kappa shape index (κ3) is 3.16. The summed E-state index contributed by atoms with van der Waals surface area (Å²) in [6.45, 7) is 5.43. The van der Waals surface area contributed by atoms with Crippen LogP contribution in [0.5, 0.6) is 0 Å². The van der Waals surface area contributed by atoms with E-state index in [-0.39, 0.29) is 29.8 Å². The topological polar surface area (TPSA) is 61.8 Å². The molecule has 0 unspecified atom stereocenters. The predicted molar refractivity (Wildman–Crippen MR) is 110 cm³/mol. The van der Waals surface area contributed by atoms with Crippen LogP contribution in [0, 0.1) is 18.6 Å². The zero-order chi connectivity index (χ0) is 21.4. The van der Waals surface area contributed by atoms with Crippen molar-refractivity contribution in [2.75, 3.05) is 0 Å². The number of allylic oxidation sites excluding steroid dienone is 1. The Balaban J connectivity index is 2.02. The summed E-state index contributed by atoms with van der Waals surface area (Å²) in [6.07, 6.45) is 2.83. The minimum absolute atomic E-state index is 0.00950. The molecule has 0 amide bonds. The largest absolute Gasteiger partial charge is 0.337 e. The minimum atomic E-state index is -0.726. The van der Waals surface area contributed by atoms with Gasteiger partial charge in [0.25, 0.3) is 5.56 Å². The molecule has 0 bridgehead atoms. The number of halogens is 2. The van der Waals surface area contributed by atoms with Gasteiger partial charge >= 0.3 is 5.69 Å². The van der Waals surface area contributed by atoms with Gasteiger partial charge in [0.1, 0.15) is 11.6 Å². The van der Waals surface area contributed by atoms with Crippen molar-refractivity contribution >= 4 is 11.2 Å². The van der Waals surface area contributed by atoms with Gasteiger partial charge in [-0.1, -0.05) is 30.3 Å². The van der Waals surface area contributed by atoms with E-state index in [9.17, 15) is 18.4 Å². The van der Waals surface area contributed by atoms with Crippen LogP contribution in [-0.2, 0) is 13.1 Å². The Hall–Kier alpha value is -3.81. The van der Waals surface area contributed by atoms with Crippen molar-refractivity contribution in [2.45, 2.75) is 20.0 Å². The number of hydrogen-bond acceptors (Lipinski definition) is 3. The lowest BCUT2D eigenvalue weighted by molar-refractivity contribution is 0.567. The van der Waals surface area contributed by atoms with E-state index in [2.05, 4.69) is 11.6 Å². The molecule has 2 heterocycles. The van der Waals surface area contributed by atoms with Crippen LogP contribution in [0.15, 0.2) is 71.0 Å². The lowest BCUT2D eigenvalue weighted by Crippen LogP contribution is -2.40. The number of aryl methyl sites for hydroxylation is 1. The Morgan fingerprint density at radius 1 is 1.13 bits per heavy atom. The summed E-state index contributed by atoms with van der Waals surface area (Å²) in [5.41, 5.74) is 0.816. The van der Waals surface area contributed by atoms with Gasteiger partial charge in [-0.3, -0.25) is 9.36 Å². The second kappa shape index (κ2) is 7.55. The second-order valence-corrected chi connectivity index (χ2v) is 6.89. The number of hydrogen-bond donors (Lipinski definition) is 0. The van der Waals surface area contributed by atoms with Gasteiger partial charge in [-0.05, 0) is 24.6 Å². The summed E-state index contributed by atoms with van der Waals surface area (Å²) in [5, 5.41) is 0. The van der Waals surface area contributed by atoms with Crippen LogP contribution >= 0.6 is 0 Å². The number of para-hydroxylation sites is 1. The van der Waals surface area contributed by atoms with E-state index < -0.39 is 22.9 Å². The predicted octanol–water partition coefficient (Wildman–Crippen LogP) is 3.17. The molecule has 0 aliphatic heterocycles. The first-order chi connectivity index (χ1) is 14.4. The van der Waals surface area contributed by atoms with E-state index in [1.807, 2.05) is 19.1 Å². The quantitative estimate of drug-likeness (QED) is 0.477. The van der Waals surface area contributed by atoms with Crippen molar-refractivity contribution in [3.05, 3.63) is 105 Å². The molecule has 152 valence electrons. The van der Waals surface area contributed by atoms with Crippen molar-refractivity contribution in [1.82, 2.24) is 18.7 Å². The van der Waals surface area contributed by atoms with Crippen molar-refractivity contribution in [1.29, 1.82) is 0 Å². The van der Waals surface area contributed by atoms with E-state index in [0.717, 1.165) is 22.3 Å². The molecule has 0 atom stereocenters. The molecule has 0 spiro atoms. The summed E-state index contributed by atoms with van der Waals surface area (Å²) in [6, 6.07) is 10.5. The first kappa shape index (κ1) is 19.5.